The minimum absolute atomic E-state index is 0.463. The quantitative estimate of drug-likeness (QED) is 0.453. The van der Waals surface area contributed by atoms with Crippen LogP contribution in [0.5, 0.6) is 0 Å². The van der Waals surface area contributed by atoms with Crippen molar-refractivity contribution in [3.05, 3.63) is 11.6 Å². The molecule has 0 saturated carbocycles. The molecule has 1 atom stereocenters. The van der Waals surface area contributed by atoms with E-state index in [1.165, 1.54) is 0 Å². The van der Waals surface area contributed by atoms with Crippen LogP contribution in [0.2, 0.25) is 0 Å². The van der Waals surface area contributed by atoms with Gasteiger partial charge in [-0.25, -0.2) is 0 Å². The number of aldehydes is 1. The van der Waals surface area contributed by atoms with Crippen molar-refractivity contribution < 1.29 is 9.90 Å². The molecule has 0 aliphatic heterocycles. The Morgan fingerprint density at radius 2 is 2.33 bits per heavy atom. The van der Waals surface area contributed by atoms with Crippen molar-refractivity contribution >= 4 is 6.29 Å². The van der Waals surface area contributed by atoms with Gasteiger partial charge in [0.05, 0.1) is 6.10 Å². The van der Waals surface area contributed by atoms with Crippen LogP contribution < -0.4 is 0 Å². The number of carbonyl (C=O) groups excluding carboxylic acids is 1. The van der Waals surface area contributed by atoms with Crippen molar-refractivity contribution in [1.29, 1.82) is 0 Å². The molecule has 0 aromatic heterocycles. The molecule has 0 rings (SSSR count). The average Bonchev–Trinajstić information content (AvgIpc) is 1.87. The predicted octanol–water partition coefficient (Wildman–Crippen LogP) is 0.902. The lowest BCUT2D eigenvalue weighted by Gasteiger charge is -1.98. The summed E-state index contributed by atoms with van der Waals surface area (Å²) in [6, 6.07) is 0. The fourth-order valence-electron chi connectivity index (χ4n) is 0.461. The number of aliphatic hydroxyl groups excluding tert-OH is 1. The Bertz CT molecular complexity index is 116. The van der Waals surface area contributed by atoms with Crippen LogP contribution in [-0.4, -0.2) is 17.5 Å². The Balaban J connectivity index is 3.78. The zero-order valence-corrected chi connectivity index (χ0v) is 5.79. The van der Waals surface area contributed by atoms with E-state index >= 15 is 0 Å². The first-order chi connectivity index (χ1) is 4.20. The van der Waals surface area contributed by atoms with Gasteiger partial charge in [-0.2, -0.15) is 0 Å². The van der Waals surface area contributed by atoms with Crippen molar-refractivity contribution in [2.45, 2.75) is 26.4 Å². The van der Waals surface area contributed by atoms with E-state index in [0.717, 1.165) is 6.29 Å². The molecule has 0 fully saturated rings. The van der Waals surface area contributed by atoms with Crippen molar-refractivity contribution in [3.8, 4) is 0 Å². The maximum atomic E-state index is 9.98. The maximum absolute atomic E-state index is 9.98. The normalized spacial score (nSPS) is 15.2. The second kappa shape index (κ2) is 4.27. The Hall–Kier alpha value is -0.630. The van der Waals surface area contributed by atoms with Gasteiger partial charge >= 0.3 is 0 Å². The number of carbonyl (C=O) groups is 1. The second-order valence-corrected chi connectivity index (χ2v) is 2.00. The molecule has 0 aromatic rings. The van der Waals surface area contributed by atoms with Gasteiger partial charge < -0.3 is 5.11 Å². The number of allylic oxidation sites excluding steroid dienone is 1. The molecule has 0 heterocycles. The molecule has 0 bridgehead atoms. The first-order valence-electron chi connectivity index (χ1n) is 3.02. The fourth-order valence-corrected chi connectivity index (χ4v) is 0.461. The van der Waals surface area contributed by atoms with E-state index < -0.39 is 6.10 Å². The topological polar surface area (TPSA) is 37.3 Å². The monoisotopic (exact) mass is 128 g/mol. The average molecular weight is 128 g/mol. The Morgan fingerprint density at radius 1 is 1.78 bits per heavy atom. The number of hydrogen-bond donors (Lipinski definition) is 1. The fraction of sp³-hybridized carbons (Fsp3) is 0.571. The molecule has 0 aliphatic rings. The summed E-state index contributed by atoms with van der Waals surface area (Å²) >= 11 is 0. The molecule has 0 aromatic carbocycles. The molecule has 52 valence electrons. The van der Waals surface area contributed by atoms with Gasteiger partial charge in [-0.05, 0) is 18.9 Å². The predicted molar refractivity (Wildman–Crippen MR) is 36.1 cm³/mol. The van der Waals surface area contributed by atoms with Crippen LogP contribution in [-0.2, 0) is 4.79 Å². The Labute approximate surface area is 55.2 Å². The summed E-state index contributed by atoms with van der Waals surface area (Å²) < 4.78 is 0. The van der Waals surface area contributed by atoms with Crippen LogP contribution in [0.3, 0.4) is 0 Å². The largest absolute Gasteiger partial charge is 0.389 e. The van der Waals surface area contributed by atoms with E-state index in [4.69, 9.17) is 5.11 Å². The summed E-state index contributed by atoms with van der Waals surface area (Å²) in [5.41, 5.74) is 0.587. The molecule has 2 heteroatoms. The molecule has 0 spiro atoms. The van der Waals surface area contributed by atoms with Crippen molar-refractivity contribution in [2.75, 3.05) is 0 Å². The molecule has 0 saturated heterocycles. The van der Waals surface area contributed by atoms with E-state index in [1.807, 2.05) is 6.92 Å². The second-order valence-electron chi connectivity index (χ2n) is 2.00. The lowest BCUT2D eigenvalue weighted by atomic mass is 10.2. The highest BCUT2D eigenvalue weighted by Crippen LogP contribution is 1.95. The van der Waals surface area contributed by atoms with E-state index in [1.54, 1.807) is 13.0 Å². The summed E-state index contributed by atoms with van der Waals surface area (Å²) in [7, 11) is 0. The van der Waals surface area contributed by atoms with Gasteiger partial charge in [-0.15, -0.1) is 0 Å². The minimum Gasteiger partial charge on any atom is -0.389 e. The van der Waals surface area contributed by atoms with Gasteiger partial charge in [0.1, 0.15) is 6.29 Å². The zero-order valence-electron chi connectivity index (χ0n) is 5.79. The third-order valence-corrected chi connectivity index (χ3v) is 1.06. The molecule has 0 aliphatic carbocycles. The lowest BCUT2D eigenvalue weighted by Crippen LogP contribution is -1.99. The molecule has 9 heavy (non-hydrogen) atoms. The van der Waals surface area contributed by atoms with Crippen LogP contribution in [0.4, 0.5) is 0 Å². The summed E-state index contributed by atoms with van der Waals surface area (Å²) in [5.74, 6) is 0. The number of hydrogen-bond acceptors (Lipinski definition) is 2. The Kier molecular flexibility index (Phi) is 3.97. The summed E-state index contributed by atoms with van der Waals surface area (Å²) in [5, 5.41) is 8.92. The first-order valence-corrected chi connectivity index (χ1v) is 3.02. The van der Waals surface area contributed by atoms with Gasteiger partial charge in [0.2, 0.25) is 0 Å². The smallest absolute Gasteiger partial charge is 0.145 e. The molecule has 0 radical (unpaired) electrons. The Morgan fingerprint density at radius 3 is 2.67 bits per heavy atom. The summed E-state index contributed by atoms with van der Waals surface area (Å²) in [4.78, 5) is 9.98. The van der Waals surface area contributed by atoms with Gasteiger partial charge in [0, 0.05) is 0 Å². The molecule has 1 N–H and O–H groups in total. The van der Waals surface area contributed by atoms with Gasteiger partial charge in [-0.1, -0.05) is 13.0 Å². The van der Waals surface area contributed by atoms with Gasteiger partial charge in [0.25, 0.3) is 0 Å². The minimum atomic E-state index is -0.463. The number of rotatable bonds is 3. The molecular weight excluding hydrogens is 116 g/mol. The van der Waals surface area contributed by atoms with E-state index in [0.29, 0.717) is 12.0 Å². The number of aliphatic hydroxyl groups is 1. The van der Waals surface area contributed by atoms with Crippen LogP contribution >= 0.6 is 0 Å². The van der Waals surface area contributed by atoms with Crippen molar-refractivity contribution in [2.24, 2.45) is 0 Å². The highest BCUT2D eigenvalue weighted by Gasteiger charge is 1.94. The van der Waals surface area contributed by atoms with Gasteiger partial charge in [0.15, 0.2) is 0 Å². The van der Waals surface area contributed by atoms with Gasteiger partial charge in [-0.3, -0.25) is 4.79 Å². The third kappa shape index (κ3) is 3.91. The SMILES string of the molecule is CCC(O)/C=C(/C)C=O. The first kappa shape index (κ1) is 8.37. The van der Waals surface area contributed by atoms with Crippen LogP contribution in [0, 0.1) is 0 Å². The standard InChI is InChI=1S/C7H12O2/c1-3-7(9)4-6(2)5-8/h4-5,7,9H,3H2,1-2H3/b6-4-. The summed E-state index contributed by atoms with van der Waals surface area (Å²) in [6.07, 6.45) is 2.48. The third-order valence-electron chi connectivity index (χ3n) is 1.06. The zero-order chi connectivity index (χ0) is 7.28. The van der Waals surface area contributed by atoms with E-state index in [9.17, 15) is 4.79 Å². The maximum Gasteiger partial charge on any atom is 0.145 e. The molecular formula is C7H12O2. The lowest BCUT2D eigenvalue weighted by molar-refractivity contribution is -0.104. The summed E-state index contributed by atoms with van der Waals surface area (Å²) in [6.45, 7) is 3.53. The van der Waals surface area contributed by atoms with Crippen LogP contribution in [0.1, 0.15) is 20.3 Å². The molecule has 1 unspecified atom stereocenters. The van der Waals surface area contributed by atoms with Crippen molar-refractivity contribution in [1.82, 2.24) is 0 Å². The van der Waals surface area contributed by atoms with Crippen LogP contribution in [0.25, 0.3) is 0 Å². The van der Waals surface area contributed by atoms with E-state index in [-0.39, 0.29) is 0 Å². The molecule has 2 nitrogen and oxygen atoms in total. The highest BCUT2D eigenvalue weighted by atomic mass is 16.3. The van der Waals surface area contributed by atoms with Crippen molar-refractivity contribution in [3.63, 3.8) is 0 Å². The highest BCUT2D eigenvalue weighted by molar-refractivity contribution is 5.72. The van der Waals surface area contributed by atoms with Crippen LogP contribution in [0.15, 0.2) is 11.6 Å². The molecule has 0 amide bonds. The van der Waals surface area contributed by atoms with E-state index in [2.05, 4.69) is 0 Å².